The fourth-order valence-corrected chi connectivity index (χ4v) is 3.27. The van der Waals surface area contributed by atoms with Crippen LogP contribution in [0, 0.1) is 0 Å². The minimum atomic E-state index is -0.511. The highest BCUT2D eigenvalue weighted by atomic mass is 79.9. The van der Waals surface area contributed by atoms with Crippen molar-refractivity contribution in [1.82, 2.24) is 0 Å². The largest absolute Gasteiger partial charge is 0.452 e. The smallest absolute Gasteiger partial charge is 0.336 e. The van der Waals surface area contributed by atoms with E-state index in [9.17, 15) is 9.59 Å². The molecule has 0 atom stereocenters. The zero-order valence-electron chi connectivity index (χ0n) is 15.2. The van der Waals surface area contributed by atoms with Crippen LogP contribution in [0.15, 0.2) is 89.1 Å². The number of carbonyl (C=O) groups excluding carboxylic acids is 2. The highest BCUT2D eigenvalue weighted by Gasteiger charge is 2.27. The molecule has 0 radical (unpaired) electrons. The quantitative estimate of drug-likeness (QED) is 0.293. The van der Waals surface area contributed by atoms with Gasteiger partial charge in [0, 0.05) is 16.6 Å². The van der Waals surface area contributed by atoms with Crippen LogP contribution in [0.5, 0.6) is 11.5 Å². The molecular weight excluding hydrogens is 432 g/mol. The van der Waals surface area contributed by atoms with Crippen LogP contribution in [0.3, 0.4) is 0 Å². The van der Waals surface area contributed by atoms with Gasteiger partial charge in [-0.15, -0.1) is 0 Å². The number of allylic oxidation sites excluding steroid dienone is 1. The van der Waals surface area contributed by atoms with Crippen molar-refractivity contribution in [1.29, 1.82) is 0 Å². The summed E-state index contributed by atoms with van der Waals surface area (Å²) in [5.41, 5.74) is 2.17. The Hall–Kier alpha value is -3.44. The van der Waals surface area contributed by atoms with Gasteiger partial charge in [-0.2, -0.15) is 0 Å². The Labute approximate surface area is 176 Å². The second-order valence-corrected chi connectivity index (χ2v) is 7.23. The fourth-order valence-electron chi connectivity index (χ4n) is 2.86. The zero-order valence-corrected chi connectivity index (χ0v) is 16.8. The molecular formula is C24H15BrO4. The highest BCUT2D eigenvalue weighted by Crippen LogP contribution is 2.35. The first-order valence-corrected chi connectivity index (χ1v) is 9.66. The molecule has 0 aliphatic carbocycles. The second-order valence-electron chi connectivity index (χ2n) is 6.32. The lowest BCUT2D eigenvalue weighted by Crippen LogP contribution is -2.03. The lowest BCUT2D eigenvalue weighted by Gasteiger charge is -2.03. The van der Waals surface area contributed by atoms with Crippen LogP contribution in [-0.2, 0) is 4.79 Å². The molecule has 0 fully saturated rings. The molecule has 4 rings (SSSR count). The van der Waals surface area contributed by atoms with E-state index in [-0.39, 0.29) is 11.5 Å². The third kappa shape index (κ3) is 4.52. The Morgan fingerprint density at radius 3 is 2.52 bits per heavy atom. The van der Waals surface area contributed by atoms with E-state index in [1.54, 1.807) is 30.4 Å². The lowest BCUT2D eigenvalue weighted by molar-refractivity contribution is -0.128. The third-order valence-corrected chi connectivity index (χ3v) is 4.71. The van der Waals surface area contributed by atoms with Crippen LogP contribution in [0.1, 0.15) is 21.5 Å². The predicted molar refractivity (Wildman–Crippen MR) is 115 cm³/mol. The van der Waals surface area contributed by atoms with E-state index in [0.29, 0.717) is 17.1 Å². The van der Waals surface area contributed by atoms with Crippen LogP contribution in [0.2, 0.25) is 0 Å². The summed E-state index contributed by atoms with van der Waals surface area (Å²) in [6, 6.07) is 21.7. The van der Waals surface area contributed by atoms with E-state index in [2.05, 4.69) is 15.9 Å². The van der Waals surface area contributed by atoms with Gasteiger partial charge >= 0.3 is 5.97 Å². The van der Waals surface area contributed by atoms with Crippen molar-refractivity contribution >= 4 is 39.8 Å². The zero-order chi connectivity index (χ0) is 20.2. The average Bonchev–Trinajstić information content (AvgIpc) is 3.02. The van der Waals surface area contributed by atoms with Gasteiger partial charge in [0.15, 0.2) is 5.76 Å². The summed E-state index contributed by atoms with van der Waals surface area (Å²) >= 11 is 3.41. The van der Waals surface area contributed by atoms with E-state index in [0.717, 1.165) is 15.6 Å². The van der Waals surface area contributed by atoms with Crippen molar-refractivity contribution < 1.29 is 19.1 Å². The number of ketones is 1. The molecule has 1 aliphatic heterocycles. The van der Waals surface area contributed by atoms with Crippen LogP contribution >= 0.6 is 15.9 Å². The molecule has 0 N–H and O–H groups in total. The van der Waals surface area contributed by atoms with E-state index < -0.39 is 5.97 Å². The molecule has 5 heteroatoms. The van der Waals surface area contributed by atoms with E-state index in [1.807, 2.05) is 54.6 Å². The summed E-state index contributed by atoms with van der Waals surface area (Å²) in [6.07, 6.45) is 4.71. The average molecular weight is 447 g/mol. The molecule has 3 aromatic rings. The number of Topliss-reactive ketones (excluding diaryl/α,β-unsaturated/α-hetero) is 1. The minimum absolute atomic E-state index is 0.207. The fraction of sp³-hybridized carbons (Fsp3) is 0. The topological polar surface area (TPSA) is 52.6 Å². The van der Waals surface area contributed by atoms with Gasteiger partial charge in [0.2, 0.25) is 5.78 Å². The summed E-state index contributed by atoms with van der Waals surface area (Å²) in [4.78, 5) is 24.6. The molecule has 0 saturated heterocycles. The van der Waals surface area contributed by atoms with Gasteiger partial charge < -0.3 is 9.47 Å². The minimum Gasteiger partial charge on any atom is -0.452 e. The molecule has 0 unspecified atom stereocenters. The van der Waals surface area contributed by atoms with Gasteiger partial charge in [0.25, 0.3) is 0 Å². The van der Waals surface area contributed by atoms with Crippen LogP contribution in [0.4, 0.5) is 0 Å². The number of fused-ring (bicyclic) bond motifs is 1. The molecule has 0 spiro atoms. The Kier molecular flexibility index (Phi) is 5.40. The molecule has 0 saturated carbocycles. The second kappa shape index (κ2) is 8.29. The highest BCUT2D eigenvalue weighted by molar-refractivity contribution is 9.10. The number of rotatable bonds is 4. The number of hydrogen-bond donors (Lipinski definition) is 0. The summed E-state index contributed by atoms with van der Waals surface area (Å²) in [6.45, 7) is 0. The van der Waals surface area contributed by atoms with Crippen LogP contribution < -0.4 is 9.47 Å². The molecule has 3 aromatic carbocycles. The van der Waals surface area contributed by atoms with E-state index in [1.165, 1.54) is 6.08 Å². The molecule has 142 valence electrons. The predicted octanol–water partition coefficient (Wildman–Crippen LogP) is 5.68. The summed E-state index contributed by atoms with van der Waals surface area (Å²) in [5.74, 6) is 0.187. The van der Waals surface area contributed by atoms with Gasteiger partial charge in [-0.1, -0.05) is 58.4 Å². The number of ether oxygens (including phenoxy) is 2. The summed E-state index contributed by atoms with van der Waals surface area (Å²) in [7, 11) is 0. The lowest BCUT2D eigenvalue weighted by atomic mass is 10.1. The molecule has 4 nitrogen and oxygen atoms in total. The first-order valence-electron chi connectivity index (χ1n) is 8.87. The van der Waals surface area contributed by atoms with Crippen molar-refractivity contribution in [2.24, 2.45) is 0 Å². The molecule has 29 heavy (non-hydrogen) atoms. The van der Waals surface area contributed by atoms with Crippen molar-refractivity contribution in [3.8, 4) is 11.5 Å². The van der Waals surface area contributed by atoms with Gasteiger partial charge in [-0.3, -0.25) is 4.79 Å². The first-order chi connectivity index (χ1) is 14.1. The monoisotopic (exact) mass is 446 g/mol. The van der Waals surface area contributed by atoms with Crippen LogP contribution in [0.25, 0.3) is 12.2 Å². The Bertz CT molecular complexity index is 1150. The van der Waals surface area contributed by atoms with Gasteiger partial charge in [-0.05, 0) is 47.5 Å². The standard InChI is InChI=1S/C24H15BrO4/c25-18-8-4-7-17(13-18)14-22-24(27)20-11-10-19(15-21(20)29-22)28-23(26)12-9-16-5-2-1-3-6-16/h1-15H/b12-9+,22-14-. The maximum Gasteiger partial charge on any atom is 0.336 e. The number of benzene rings is 3. The maximum atomic E-state index is 12.6. The molecule has 0 bridgehead atoms. The van der Waals surface area contributed by atoms with Crippen molar-refractivity contribution in [3.63, 3.8) is 0 Å². The van der Waals surface area contributed by atoms with E-state index >= 15 is 0 Å². The van der Waals surface area contributed by atoms with E-state index in [4.69, 9.17) is 9.47 Å². The summed E-state index contributed by atoms with van der Waals surface area (Å²) < 4.78 is 11.9. The molecule has 0 aromatic heterocycles. The SMILES string of the molecule is O=C(/C=C/c1ccccc1)Oc1ccc2c(c1)O/C(=C\c1cccc(Br)c1)C2=O. The number of esters is 1. The first kappa shape index (κ1) is 18.9. The van der Waals surface area contributed by atoms with Crippen LogP contribution in [-0.4, -0.2) is 11.8 Å². The molecule has 1 heterocycles. The Morgan fingerprint density at radius 1 is 0.931 bits per heavy atom. The van der Waals surface area contributed by atoms with Gasteiger partial charge in [-0.25, -0.2) is 4.79 Å². The van der Waals surface area contributed by atoms with Gasteiger partial charge in [0.05, 0.1) is 5.56 Å². The van der Waals surface area contributed by atoms with Crippen molar-refractivity contribution in [3.05, 3.63) is 106 Å². The number of halogens is 1. The van der Waals surface area contributed by atoms with Crippen molar-refractivity contribution in [2.45, 2.75) is 0 Å². The van der Waals surface area contributed by atoms with Gasteiger partial charge in [0.1, 0.15) is 11.5 Å². The number of hydrogen-bond acceptors (Lipinski definition) is 4. The Morgan fingerprint density at radius 2 is 1.72 bits per heavy atom. The normalized spacial score (nSPS) is 14.1. The van der Waals surface area contributed by atoms with Crippen molar-refractivity contribution in [2.75, 3.05) is 0 Å². The molecule has 1 aliphatic rings. The maximum absolute atomic E-state index is 12.6. The third-order valence-electron chi connectivity index (χ3n) is 4.22. The summed E-state index contributed by atoms with van der Waals surface area (Å²) in [5, 5.41) is 0. The number of carbonyl (C=O) groups is 2. The Balaban J connectivity index is 1.49. The molecule has 0 amide bonds.